The Morgan fingerprint density at radius 1 is 0.926 bits per heavy atom. The van der Waals surface area contributed by atoms with Crippen LogP contribution in [-0.4, -0.2) is 43.0 Å². The first-order valence-corrected chi connectivity index (χ1v) is 8.72. The highest BCUT2D eigenvalue weighted by atomic mass is 16.5. The molecular weight excluding hydrogens is 346 g/mol. The average Bonchev–Trinajstić information content (AvgIpc) is 2.71. The topological polar surface area (TPSA) is 72.9 Å². The number of amides is 1. The molecule has 0 saturated heterocycles. The fraction of sp³-hybridized carbons (Fsp3) is 0.286. The molecule has 142 valence electrons. The van der Waals surface area contributed by atoms with Gasteiger partial charge in [-0.25, -0.2) is 4.79 Å². The Balaban J connectivity index is 2.16. The third-order valence-corrected chi connectivity index (χ3v) is 3.95. The minimum Gasteiger partial charge on any atom is -0.466 e. The first kappa shape index (κ1) is 20.2. The molecule has 0 radical (unpaired) electrons. The Bertz CT molecular complexity index is 771. The van der Waals surface area contributed by atoms with E-state index in [1.165, 1.54) is 7.11 Å². The number of carbonyl (C=O) groups is 3. The Morgan fingerprint density at radius 2 is 1.56 bits per heavy atom. The number of nitrogens with zero attached hydrogens (tertiary/aromatic N) is 1. The summed E-state index contributed by atoms with van der Waals surface area (Å²) in [6, 6.07) is 15.8. The minimum absolute atomic E-state index is 0.118. The van der Waals surface area contributed by atoms with E-state index in [0.717, 1.165) is 5.56 Å². The van der Waals surface area contributed by atoms with E-state index in [-0.39, 0.29) is 24.8 Å². The first-order valence-electron chi connectivity index (χ1n) is 8.72. The number of esters is 2. The molecule has 0 atom stereocenters. The quantitative estimate of drug-likeness (QED) is 0.669. The van der Waals surface area contributed by atoms with Crippen molar-refractivity contribution in [1.82, 2.24) is 4.90 Å². The van der Waals surface area contributed by atoms with Gasteiger partial charge < -0.3 is 14.4 Å². The van der Waals surface area contributed by atoms with Crippen LogP contribution < -0.4 is 0 Å². The molecule has 0 N–H and O–H groups in total. The number of carbonyl (C=O) groups excluding carboxylic acids is 3. The fourth-order valence-electron chi connectivity index (χ4n) is 2.56. The van der Waals surface area contributed by atoms with E-state index >= 15 is 0 Å². The van der Waals surface area contributed by atoms with Crippen molar-refractivity contribution in [3.05, 3.63) is 71.3 Å². The van der Waals surface area contributed by atoms with Crippen LogP contribution in [0.25, 0.3) is 0 Å². The van der Waals surface area contributed by atoms with E-state index in [0.29, 0.717) is 24.3 Å². The molecule has 1 amide bonds. The van der Waals surface area contributed by atoms with Gasteiger partial charge >= 0.3 is 11.9 Å². The van der Waals surface area contributed by atoms with Gasteiger partial charge in [0, 0.05) is 18.7 Å². The van der Waals surface area contributed by atoms with Crippen molar-refractivity contribution in [3.8, 4) is 0 Å². The highest BCUT2D eigenvalue weighted by molar-refractivity contribution is 5.96. The van der Waals surface area contributed by atoms with Crippen molar-refractivity contribution in [2.45, 2.75) is 19.9 Å². The second-order valence-electron chi connectivity index (χ2n) is 5.84. The van der Waals surface area contributed by atoms with Crippen molar-refractivity contribution in [2.24, 2.45) is 0 Å². The van der Waals surface area contributed by atoms with Gasteiger partial charge in [-0.1, -0.05) is 30.3 Å². The van der Waals surface area contributed by atoms with Crippen LogP contribution in [0.1, 0.15) is 39.6 Å². The maximum absolute atomic E-state index is 12.9. The highest BCUT2D eigenvalue weighted by Gasteiger charge is 2.18. The van der Waals surface area contributed by atoms with Gasteiger partial charge in [0.1, 0.15) is 0 Å². The maximum Gasteiger partial charge on any atom is 0.337 e. The lowest BCUT2D eigenvalue weighted by atomic mass is 10.1. The minimum atomic E-state index is -0.461. The third kappa shape index (κ3) is 5.95. The number of hydrogen-bond donors (Lipinski definition) is 0. The summed E-state index contributed by atoms with van der Waals surface area (Å²) in [6.07, 6.45) is 0.118. The Kier molecular flexibility index (Phi) is 7.55. The zero-order chi connectivity index (χ0) is 19.6. The predicted molar refractivity (Wildman–Crippen MR) is 100 cm³/mol. The Labute approximate surface area is 158 Å². The summed E-state index contributed by atoms with van der Waals surface area (Å²) in [5.41, 5.74) is 1.76. The van der Waals surface area contributed by atoms with Crippen molar-refractivity contribution in [3.63, 3.8) is 0 Å². The largest absolute Gasteiger partial charge is 0.466 e. The maximum atomic E-state index is 12.9. The van der Waals surface area contributed by atoms with Crippen molar-refractivity contribution < 1.29 is 23.9 Å². The van der Waals surface area contributed by atoms with Gasteiger partial charge in [0.25, 0.3) is 5.91 Å². The molecular formula is C21H23NO5. The molecule has 0 bridgehead atoms. The second kappa shape index (κ2) is 10.1. The Morgan fingerprint density at radius 3 is 2.15 bits per heavy atom. The molecule has 2 rings (SSSR count). The summed E-state index contributed by atoms with van der Waals surface area (Å²) in [5.74, 6) is -1.03. The van der Waals surface area contributed by atoms with Crippen LogP contribution in [0.3, 0.4) is 0 Å². The standard InChI is InChI=1S/C21H23NO5/c1-3-27-19(23)13-14-22(15-16-7-5-4-6-8-16)20(24)17-9-11-18(12-10-17)21(25)26-2/h4-12H,3,13-15H2,1-2H3. The molecule has 2 aromatic rings. The zero-order valence-corrected chi connectivity index (χ0v) is 15.5. The third-order valence-electron chi connectivity index (χ3n) is 3.95. The molecule has 6 heteroatoms. The average molecular weight is 369 g/mol. The lowest BCUT2D eigenvalue weighted by Gasteiger charge is -2.23. The van der Waals surface area contributed by atoms with Crippen LogP contribution in [0.4, 0.5) is 0 Å². The number of rotatable bonds is 8. The van der Waals surface area contributed by atoms with Crippen LogP contribution in [0, 0.1) is 0 Å². The van der Waals surface area contributed by atoms with Gasteiger partial charge in [0.2, 0.25) is 0 Å². The zero-order valence-electron chi connectivity index (χ0n) is 15.5. The fourth-order valence-corrected chi connectivity index (χ4v) is 2.56. The summed E-state index contributed by atoms with van der Waals surface area (Å²) in [4.78, 5) is 37.8. The SMILES string of the molecule is CCOC(=O)CCN(Cc1ccccc1)C(=O)c1ccc(C(=O)OC)cc1. The molecule has 0 heterocycles. The number of ether oxygens (including phenoxy) is 2. The van der Waals surface area contributed by atoms with E-state index in [1.807, 2.05) is 30.3 Å². The second-order valence-corrected chi connectivity index (χ2v) is 5.84. The molecule has 0 aliphatic rings. The summed E-state index contributed by atoms with van der Waals surface area (Å²) in [7, 11) is 1.30. The van der Waals surface area contributed by atoms with Crippen LogP contribution in [0.15, 0.2) is 54.6 Å². The smallest absolute Gasteiger partial charge is 0.337 e. The number of methoxy groups -OCH3 is 1. The number of benzene rings is 2. The van der Waals surface area contributed by atoms with Crippen molar-refractivity contribution >= 4 is 17.8 Å². The first-order chi connectivity index (χ1) is 13.0. The monoisotopic (exact) mass is 369 g/mol. The van der Waals surface area contributed by atoms with Crippen LogP contribution in [0.2, 0.25) is 0 Å². The van der Waals surface area contributed by atoms with E-state index in [4.69, 9.17) is 4.74 Å². The molecule has 6 nitrogen and oxygen atoms in total. The Hall–Kier alpha value is -3.15. The van der Waals surface area contributed by atoms with Crippen molar-refractivity contribution in [1.29, 1.82) is 0 Å². The van der Waals surface area contributed by atoms with Crippen LogP contribution in [-0.2, 0) is 20.8 Å². The molecule has 2 aromatic carbocycles. The van der Waals surface area contributed by atoms with Crippen LogP contribution in [0.5, 0.6) is 0 Å². The molecule has 0 aliphatic carbocycles. The summed E-state index contributed by atoms with van der Waals surface area (Å²) in [5, 5.41) is 0. The summed E-state index contributed by atoms with van der Waals surface area (Å²) in [6.45, 7) is 2.66. The molecule has 0 aliphatic heterocycles. The molecule has 0 unspecified atom stereocenters. The van der Waals surface area contributed by atoms with Gasteiger partial charge in [0.15, 0.2) is 0 Å². The lowest BCUT2D eigenvalue weighted by molar-refractivity contribution is -0.143. The van der Waals surface area contributed by atoms with E-state index < -0.39 is 5.97 Å². The number of hydrogen-bond acceptors (Lipinski definition) is 5. The normalized spacial score (nSPS) is 10.1. The van der Waals surface area contributed by atoms with Gasteiger partial charge in [-0.3, -0.25) is 9.59 Å². The van der Waals surface area contributed by atoms with Crippen molar-refractivity contribution in [2.75, 3.05) is 20.3 Å². The van der Waals surface area contributed by atoms with Gasteiger partial charge in [0.05, 0.1) is 25.7 Å². The van der Waals surface area contributed by atoms with Gasteiger partial charge in [-0.05, 0) is 36.8 Å². The van der Waals surface area contributed by atoms with Gasteiger partial charge in [-0.2, -0.15) is 0 Å². The molecule has 0 saturated carbocycles. The summed E-state index contributed by atoms with van der Waals surface area (Å²) < 4.78 is 9.62. The lowest BCUT2D eigenvalue weighted by Crippen LogP contribution is -2.33. The van der Waals surface area contributed by atoms with Gasteiger partial charge in [-0.15, -0.1) is 0 Å². The van der Waals surface area contributed by atoms with E-state index in [1.54, 1.807) is 36.1 Å². The van der Waals surface area contributed by atoms with E-state index in [9.17, 15) is 14.4 Å². The van der Waals surface area contributed by atoms with E-state index in [2.05, 4.69) is 4.74 Å². The highest BCUT2D eigenvalue weighted by Crippen LogP contribution is 2.13. The van der Waals surface area contributed by atoms with Crippen LogP contribution >= 0.6 is 0 Å². The predicted octanol–water partition coefficient (Wildman–Crippen LogP) is 3.07. The molecule has 0 spiro atoms. The molecule has 0 aromatic heterocycles. The molecule has 27 heavy (non-hydrogen) atoms. The molecule has 0 fully saturated rings. The summed E-state index contributed by atoms with van der Waals surface area (Å²) >= 11 is 0.